The highest BCUT2D eigenvalue weighted by atomic mass is 16.4. The Morgan fingerprint density at radius 1 is 1.03 bits per heavy atom. The quantitative estimate of drug-likeness (QED) is 0.444. The summed E-state index contributed by atoms with van der Waals surface area (Å²) >= 11 is 0. The van der Waals surface area contributed by atoms with Gasteiger partial charge in [-0.05, 0) is 62.2 Å². The normalized spacial score (nSPS) is 11.4. The monoisotopic (exact) mass is 406 g/mol. The first-order valence-corrected chi connectivity index (χ1v) is 9.21. The van der Waals surface area contributed by atoms with Gasteiger partial charge in [-0.2, -0.15) is 10.2 Å². The van der Waals surface area contributed by atoms with E-state index < -0.39 is 11.9 Å². The third kappa shape index (κ3) is 4.07. The Morgan fingerprint density at radius 2 is 1.67 bits per heavy atom. The molecule has 1 heterocycles. The van der Waals surface area contributed by atoms with E-state index >= 15 is 0 Å². The molecule has 0 saturated carbocycles. The van der Waals surface area contributed by atoms with Crippen LogP contribution in [-0.4, -0.2) is 37.6 Å². The number of hydrogen-bond donors (Lipinski definition) is 3. The molecule has 0 unspecified atom stereocenters. The molecule has 0 bridgehead atoms. The predicted octanol–water partition coefficient (Wildman–Crippen LogP) is 3.26. The number of amides is 1. The third-order valence-electron chi connectivity index (χ3n) is 4.86. The molecule has 0 atom stereocenters. The molecule has 1 aromatic heterocycles. The second-order valence-corrected chi connectivity index (χ2v) is 6.99. The smallest absolute Gasteiger partial charge is 0.335 e. The summed E-state index contributed by atoms with van der Waals surface area (Å²) in [5.41, 5.74) is 6.96. The van der Waals surface area contributed by atoms with Crippen molar-refractivity contribution in [1.82, 2.24) is 15.2 Å². The highest BCUT2D eigenvalue weighted by Crippen LogP contribution is 2.33. The molecule has 3 rings (SSSR count). The summed E-state index contributed by atoms with van der Waals surface area (Å²) in [6, 6.07) is 11.4. The van der Waals surface area contributed by atoms with E-state index in [-0.39, 0.29) is 22.6 Å². The van der Waals surface area contributed by atoms with Crippen molar-refractivity contribution in [3.05, 3.63) is 70.4 Å². The zero-order valence-electron chi connectivity index (χ0n) is 17.1. The molecule has 0 radical (unpaired) electrons. The zero-order chi connectivity index (χ0) is 22.0. The summed E-state index contributed by atoms with van der Waals surface area (Å²) in [5, 5.41) is 28.0. The number of hydrogen-bond acceptors (Lipinski definition) is 5. The van der Waals surface area contributed by atoms with Gasteiger partial charge in [-0.3, -0.25) is 9.48 Å². The van der Waals surface area contributed by atoms with Crippen LogP contribution in [0.1, 0.15) is 44.5 Å². The topological polar surface area (TPSA) is 117 Å². The molecular weight excluding hydrogens is 384 g/mol. The van der Waals surface area contributed by atoms with Crippen LogP contribution in [-0.2, 0) is 7.05 Å². The van der Waals surface area contributed by atoms with Gasteiger partial charge < -0.3 is 10.2 Å². The Hall–Kier alpha value is -3.94. The first-order chi connectivity index (χ1) is 14.2. The predicted molar refractivity (Wildman–Crippen MR) is 113 cm³/mol. The largest absolute Gasteiger partial charge is 0.504 e. The molecule has 8 heteroatoms. The number of rotatable bonds is 5. The van der Waals surface area contributed by atoms with Gasteiger partial charge in [-0.25, -0.2) is 10.2 Å². The van der Waals surface area contributed by atoms with E-state index in [4.69, 9.17) is 5.11 Å². The highest BCUT2D eigenvalue weighted by molar-refractivity contribution is 6.02. The number of nitrogens with zero attached hydrogens (tertiary/aromatic N) is 3. The molecule has 3 aromatic rings. The zero-order valence-corrected chi connectivity index (χ0v) is 17.1. The molecule has 0 fully saturated rings. The van der Waals surface area contributed by atoms with Crippen molar-refractivity contribution in [2.24, 2.45) is 12.1 Å². The molecular formula is C22H22N4O4. The lowest BCUT2D eigenvalue weighted by Crippen LogP contribution is -2.19. The van der Waals surface area contributed by atoms with Crippen molar-refractivity contribution in [3.63, 3.8) is 0 Å². The Bertz CT molecular complexity index is 1160. The van der Waals surface area contributed by atoms with E-state index in [9.17, 15) is 14.7 Å². The van der Waals surface area contributed by atoms with Crippen LogP contribution >= 0.6 is 0 Å². The Kier molecular flexibility index (Phi) is 5.68. The van der Waals surface area contributed by atoms with E-state index in [1.807, 2.05) is 32.0 Å². The van der Waals surface area contributed by atoms with E-state index in [0.717, 1.165) is 16.7 Å². The van der Waals surface area contributed by atoms with Crippen LogP contribution in [0.4, 0.5) is 0 Å². The first-order valence-electron chi connectivity index (χ1n) is 9.21. The van der Waals surface area contributed by atoms with Crippen molar-refractivity contribution in [3.8, 4) is 17.0 Å². The lowest BCUT2D eigenvalue weighted by atomic mass is 10.0. The fraction of sp³-hybridized carbons (Fsp3) is 0.182. The van der Waals surface area contributed by atoms with Gasteiger partial charge in [0.15, 0.2) is 11.4 Å². The molecule has 0 saturated heterocycles. The first kappa shape index (κ1) is 20.8. The average Bonchev–Trinajstić information content (AvgIpc) is 3.02. The molecule has 0 aliphatic heterocycles. The van der Waals surface area contributed by atoms with E-state index in [1.165, 1.54) is 24.3 Å². The molecule has 8 nitrogen and oxygen atoms in total. The van der Waals surface area contributed by atoms with Crippen LogP contribution in [0, 0.1) is 13.8 Å². The summed E-state index contributed by atoms with van der Waals surface area (Å²) in [4.78, 5) is 23.2. The van der Waals surface area contributed by atoms with Crippen molar-refractivity contribution in [1.29, 1.82) is 0 Å². The average molecular weight is 406 g/mol. The Balaban J connectivity index is 1.83. The summed E-state index contributed by atoms with van der Waals surface area (Å²) in [7, 11) is 1.73. The minimum Gasteiger partial charge on any atom is -0.504 e. The number of nitrogens with one attached hydrogen (secondary N) is 1. The van der Waals surface area contributed by atoms with Gasteiger partial charge >= 0.3 is 5.97 Å². The number of aryl methyl sites for hydroxylation is 3. The maximum Gasteiger partial charge on any atom is 0.335 e. The number of benzene rings is 2. The Morgan fingerprint density at radius 3 is 2.27 bits per heavy atom. The van der Waals surface area contributed by atoms with Crippen molar-refractivity contribution >= 4 is 17.6 Å². The highest BCUT2D eigenvalue weighted by Gasteiger charge is 2.19. The van der Waals surface area contributed by atoms with E-state index in [1.54, 1.807) is 18.7 Å². The maximum atomic E-state index is 12.3. The standard InChI is InChI=1S/C22H22N4O4/c1-12-5-6-17(11-13(12)2)19-20(27)18(25-26(19)4)14(3)23-24-21(28)15-7-9-16(10-8-15)22(29)30/h5-11,27H,1-4H3,(H,24,28)(H,29,30)/b23-14+. The molecule has 154 valence electrons. The van der Waals surface area contributed by atoms with Gasteiger partial charge in [-0.15, -0.1) is 0 Å². The number of carbonyl (C=O) groups excluding carboxylic acids is 1. The summed E-state index contributed by atoms with van der Waals surface area (Å²) in [6.07, 6.45) is 0. The van der Waals surface area contributed by atoms with Crippen LogP contribution in [0.5, 0.6) is 5.75 Å². The van der Waals surface area contributed by atoms with Crippen molar-refractivity contribution in [2.45, 2.75) is 20.8 Å². The molecule has 1 amide bonds. The minimum atomic E-state index is -1.07. The number of carboxylic acids is 1. The summed E-state index contributed by atoms with van der Waals surface area (Å²) in [6.45, 7) is 5.64. The molecule has 0 spiro atoms. The molecule has 0 aliphatic rings. The molecule has 3 N–H and O–H groups in total. The molecule has 2 aromatic carbocycles. The second kappa shape index (κ2) is 8.20. The number of aromatic carboxylic acids is 1. The fourth-order valence-electron chi connectivity index (χ4n) is 2.99. The number of aromatic nitrogens is 2. The lowest BCUT2D eigenvalue weighted by molar-refractivity contribution is 0.0696. The number of aromatic hydroxyl groups is 1. The second-order valence-electron chi connectivity index (χ2n) is 6.99. The SMILES string of the molecule is C/C(=N\NC(=O)c1ccc(C(=O)O)cc1)c1nn(C)c(-c2ccc(C)c(C)c2)c1O. The van der Waals surface area contributed by atoms with Crippen LogP contribution in [0.3, 0.4) is 0 Å². The van der Waals surface area contributed by atoms with Crippen molar-refractivity contribution < 1.29 is 19.8 Å². The van der Waals surface area contributed by atoms with Gasteiger partial charge in [0, 0.05) is 18.2 Å². The van der Waals surface area contributed by atoms with Gasteiger partial charge in [0.1, 0.15) is 5.69 Å². The number of hydrazone groups is 1. The maximum absolute atomic E-state index is 12.3. The van der Waals surface area contributed by atoms with Gasteiger partial charge in [0.05, 0.1) is 11.3 Å². The van der Waals surface area contributed by atoms with Crippen LogP contribution in [0.15, 0.2) is 47.6 Å². The van der Waals surface area contributed by atoms with Gasteiger partial charge in [0.25, 0.3) is 5.91 Å². The molecule has 0 aliphatic carbocycles. The fourth-order valence-corrected chi connectivity index (χ4v) is 2.99. The number of carbonyl (C=O) groups is 2. The molecule has 30 heavy (non-hydrogen) atoms. The van der Waals surface area contributed by atoms with Crippen LogP contribution in [0.25, 0.3) is 11.3 Å². The minimum absolute atomic E-state index is 0.0259. The van der Waals surface area contributed by atoms with Crippen LogP contribution < -0.4 is 5.43 Å². The number of carboxylic acid groups (broad SMARTS) is 1. The summed E-state index contributed by atoms with van der Waals surface area (Å²) < 4.78 is 1.57. The third-order valence-corrected chi connectivity index (χ3v) is 4.86. The summed E-state index contributed by atoms with van der Waals surface area (Å²) in [5.74, 6) is -1.60. The van der Waals surface area contributed by atoms with Gasteiger partial charge in [0.2, 0.25) is 0 Å². The van der Waals surface area contributed by atoms with Crippen LogP contribution in [0.2, 0.25) is 0 Å². The van der Waals surface area contributed by atoms with E-state index in [2.05, 4.69) is 15.6 Å². The lowest BCUT2D eigenvalue weighted by Gasteiger charge is -2.06. The Labute approximate surface area is 173 Å². The van der Waals surface area contributed by atoms with Gasteiger partial charge in [-0.1, -0.05) is 12.1 Å². The van der Waals surface area contributed by atoms with E-state index in [0.29, 0.717) is 11.4 Å². The van der Waals surface area contributed by atoms with Crippen molar-refractivity contribution in [2.75, 3.05) is 0 Å².